The number of carbonyl (C=O) groups is 2. The van der Waals surface area contributed by atoms with Gasteiger partial charge in [-0.05, 0) is 24.4 Å². The maximum absolute atomic E-state index is 12.0. The summed E-state index contributed by atoms with van der Waals surface area (Å²) in [5.41, 5.74) is -0.344. The van der Waals surface area contributed by atoms with Gasteiger partial charge in [0.05, 0.1) is 0 Å². The van der Waals surface area contributed by atoms with Crippen molar-refractivity contribution in [3.05, 3.63) is 46.4 Å². The maximum Gasteiger partial charge on any atom is 0.355 e. The number of pyridine rings is 1. The molecule has 0 bridgehead atoms. The van der Waals surface area contributed by atoms with Gasteiger partial charge in [-0.2, -0.15) is 0 Å². The van der Waals surface area contributed by atoms with Gasteiger partial charge < -0.3 is 14.6 Å². The molecule has 6 heteroatoms. The second-order valence-electron chi connectivity index (χ2n) is 4.88. The first-order valence-electron chi connectivity index (χ1n) is 6.44. The highest BCUT2D eigenvalue weighted by atomic mass is 16.5. The van der Waals surface area contributed by atoms with Crippen LogP contribution in [0.3, 0.4) is 0 Å². The molecule has 0 aliphatic carbocycles. The number of esters is 1. The molecule has 0 spiro atoms. The zero-order valence-corrected chi connectivity index (χ0v) is 12.0. The van der Waals surface area contributed by atoms with Crippen molar-refractivity contribution in [1.29, 1.82) is 0 Å². The zero-order chi connectivity index (χ0) is 15.6. The van der Waals surface area contributed by atoms with Gasteiger partial charge in [0.25, 0.3) is 11.5 Å². The lowest BCUT2D eigenvalue weighted by Gasteiger charge is -2.17. The van der Waals surface area contributed by atoms with Crippen LogP contribution in [0.5, 0.6) is 0 Å². The number of aromatic nitrogens is 1. The van der Waals surface area contributed by atoms with Crippen LogP contribution in [0.2, 0.25) is 0 Å². The predicted molar refractivity (Wildman–Crippen MR) is 78.1 cm³/mol. The smallest absolute Gasteiger partial charge is 0.355 e. The standard InChI is InChI=1S/C15H16N2O4/c1-9(14(19)17(2)3)21-15(20)12-8-10-6-4-5-7-11(10)13(18)16-12/h4-9H,1-3H3,(H,16,18)/t9-/m1/s1. The van der Waals surface area contributed by atoms with E-state index < -0.39 is 12.1 Å². The van der Waals surface area contributed by atoms with Gasteiger partial charge in [0, 0.05) is 19.5 Å². The molecule has 1 N–H and O–H groups in total. The Labute approximate surface area is 121 Å². The Morgan fingerprint density at radius 1 is 1.24 bits per heavy atom. The predicted octanol–water partition coefficient (Wildman–Crippen LogP) is 1.16. The summed E-state index contributed by atoms with van der Waals surface area (Å²) in [4.78, 5) is 39.4. The fourth-order valence-corrected chi connectivity index (χ4v) is 1.96. The monoisotopic (exact) mass is 288 g/mol. The van der Waals surface area contributed by atoms with Crippen molar-refractivity contribution in [1.82, 2.24) is 9.88 Å². The highest BCUT2D eigenvalue weighted by Crippen LogP contribution is 2.11. The fourth-order valence-electron chi connectivity index (χ4n) is 1.96. The molecule has 110 valence electrons. The third-order valence-corrected chi connectivity index (χ3v) is 3.05. The second-order valence-corrected chi connectivity index (χ2v) is 4.88. The Kier molecular flexibility index (Phi) is 4.07. The minimum Gasteiger partial charge on any atom is -0.448 e. The lowest BCUT2D eigenvalue weighted by atomic mass is 10.1. The van der Waals surface area contributed by atoms with E-state index in [2.05, 4.69) is 4.98 Å². The van der Waals surface area contributed by atoms with Crippen molar-refractivity contribution >= 4 is 22.6 Å². The first kappa shape index (κ1) is 14.8. The molecule has 1 aromatic heterocycles. The molecule has 1 amide bonds. The average Bonchev–Trinajstić information content (AvgIpc) is 2.46. The van der Waals surface area contributed by atoms with E-state index in [1.165, 1.54) is 17.9 Å². The van der Waals surface area contributed by atoms with Gasteiger partial charge in [-0.15, -0.1) is 0 Å². The van der Waals surface area contributed by atoms with E-state index in [0.29, 0.717) is 10.8 Å². The number of benzene rings is 1. The molecule has 1 heterocycles. The Morgan fingerprint density at radius 2 is 1.90 bits per heavy atom. The summed E-state index contributed by atoms with van der Waals surface area (Å²) in [5.74, 6) is -1.06. The number of rotatable bonds is 3. The van der Waals surface area contributed by atoms with E-state index in [9.17, 15) is 14.4 Å². The van der Waals surface area contributed by atoms with Crippen LogP contribution in [0.4, 0.5) is 0 Å². The number of hydrogen-bond donors (Lipinski definition) is 1. The minimum absolute atomic E-state index is 0.0251. The Balaban J connectivity index is 2.28. The number of carbonyl (C=O) groups excluding carboxylic acids is 2. The Morgan fingerprint density at radius 3 is 2.57 bits per heavy atom. The molecular formula is C15H16N2O4. The van der Waals surface area contributed by atoms with Gasteiger partial charge in [0.15, 0.2) is 6.10 Å². The van der Waals surface area contributed by atoms with Crippen LogP contribution in [-0.4, -0.2) is 42.0 Å². The van der Waals surface area contributed by atoms with Crippen molar-refractivity contribution in [2.24, 2.45) is 0 Å². The van der Waals surface area contributed by atoms with Crippen molar-refractivity contribution in [2.75, 3.05) is 14.1 Å². The van der Waals surface area contributed by atoms with Gasteiger partial charge in [-0.1, -0.05) is 18.2 Å². The molecule has 6 nitrogen and oxygen atoms in total. The number of fused-ring (bicyclic) bond motifs is 1. The van der Waals surface area contributed by atoms with E-state index in [1.807, 2.05) is 0 Å². The largest absolute Gasteiger partial charge is 0.448 e. The number of hydrogen-bond acceptors (Lipinski definition) is 4. The first-order valence-corrected chi connectivity index (χ1v) is 6.44. The van der Waals surface area contributed by atoms with E-state index in [1.54, 1.807) is 38.4 Å². The molecule has 0 radical (unpaired) electrons. The van der Waals surface area contributed by atoms with Crippen LogP contribution in [0, 0.1) is 0 Å². The van der Waals surface area contributed by atoms with E-state index in [-0.39, 0.29) is 17.2 Å². The highest BCUT2D eigenvalue weighted by molar-refractivity contribution is 5.94. The van der Waals surface area contributed by atoms with Crippen LogP contribution >= 0.6 is 0 Å². The molecule has 0 saturated heterocycles. The SMILES string of the molecule is C[C@@H](OC(=O)c1cc2ccccc2c(=O)[nH]1)C(=O)N(C)C. The summed E-state index contributed by atoms with van der Waals surface area (Å²) in [6.45, 7) is 1.49. The van der Waals surface area contributed by atoms with Crippen LogP contribution in [0.15, 0.2) is 35.1 Å². The average molecular weight is 288 g/mol. The van der Waals surface area contributed by atoms with Crippen molar-refractivity contribution < 1.29 is 14.3 Å². The highest BCUT2D eigenvalue weighted by Gasteiger charge is 2.21. The number of amides is 1. The number of nitrogens with zero attached hydrogens (tertiary/aromatic N) is 1. The topological polar surface area (TPSA) is 79.5 Å². The number of ether oxygens (including phenoxy) is 1. The van der Waals surface area contributed by atoms with Gasteiger partial charge in [0.1, 0.15) is 5.69 Å². The summed E-state index contributed by atoms with van der Waals surface area (Å²) in [6.07, 6.45) is -0.914. The fraction of sp³-hybridized carbons (Fsp3) is 0.267. The summed E-state index contributed by atoms with van der Waals surface area (Å²) in [5, 5.41) is 1.13. The van der Waals surface area contributed by atoms with Crippen LogP contribution in [-0.2, 0) is 9.53 Å². The van der Waals surface area contributed by atoms with Crippen LogP contribution in [0.25, 0.3) is 10.8 Å². The van der Waals surface area contributed by atoms with Gasteiger partial charge in [-0.25, -0.2) is 4.79 Å². The number of likely N-dealkylation sites (N-methyl/N-ethyl adjacent to an activating group) is 1. The van der Waals surface area contributed by atoms with Gasteiger partial charge >= 0.3 is 5.97 Å². The second kappa shape index (κ2) is 5.78. The normalized spacial score (nSPS) is 12.0. The Bertz CT molecular complexity index is 749. The van der Waals surface area contributed by atoms with E-state index in [0.717, 1.165) is 0 Å². The van der Waals surface area contributed by atoms with Gasteiger partial charge in [-0.3, -0.25) is 9.59 Å². The molecule has 0 aliphatic rings. The molecule has 0 fully saturated rings. The van der Waals surface area contributed by atoms with Crippen molar-refractivity contribution in [3.8, 4) is 0 Å². The summed E-state index contributed by atoms with van der Waals surface area (Å²) >= 11 is 0. The first-order chi connectivity index (χ1) is 9.90. The molecule has 1 aromatic carbocycles. The molecule has 21 heavy (non-hydrogen) atoms. The van der Waals surface area contributed by atoms with Crippen molar-refractivity contribution in [2.45, 2.75) is 13.0 Å². The summed E-state index contributed by atoms with van der Waals surface area (Å²) in [7, 11) is 3.15. The Hall–Kier alpha value is -2.63. The molecule has 1 atom stereocenters. The minimum atomic E-state index is -0.914. The lowest BCUT2D eigenvalue weighted by molar-refractivity contribution is -0.137. The lowest BCUT2D eigenvalue weighted by Crippen LogP contribution is -2.35. The third-order valence-electron chi connectivity index (χ3n) is 3.05. The van der Waals surface area contributed by atoms with Crippen LogP contribution < -0.4 is 5.56 Å². The van der Waals surface area contributed by atoms with E-state index >= 15 is 0 Å². The van der Waals surface area contributed by atoms with E-state index in [4.69, 9.17) is 4.74 Å². The van der Waals surface area contributed by atoms with Crippen LogP contribution in [0.1, 0.15) is 17.4 Å². The quantitative estimate of drug-likeness (QED) is 0.860. The zero-order valence-electron chi connectivity index (χ0n) is 12.0. The number of H-pyrrole nitrogens is 1. The molecule has 0 unspecified atom stereocenters. The molecule has 0 aliphatic heterocycles. The molecule has 2 aromatic rings. The molecule has 0 saturated carbocycles. The third kappa shape index (κ3) is 3.10. The molecule has 2 rings (SSSR count). The number of nitrogens with one attached hydrogen (secondary N) is 1. The maximum atomic E-state index is 12.0. The number of aromatic amines is 1. The van der Waals surface area contributed by atoms with Crippen molar-refractivity contribution in [3.63, 3.8) is 0 Å². The molecular weight excluding hydrogens is 272 g/mol. The van der Waals surface area contributed by atoms with Gasteiger partial charge in [0.2, 0.25) is 0 Å². The summed E-state index contributed by atoms with van der Waals surface area (Å²) in [6, 6.07) is 8.45. The summed E-state index contributed by atoms with van der Waals surface area (Å²) < 4.78 is 5.06.